The lowest BCUT2D eigenvalue weighted by Crippen LogP contribution is -2.50. The summed E-state index contributed by atoms with van der Waals surface area (Å²) in [5.41, 5.74) is 0. The molecule has 0 aliphatic carbocycles. The Morgan fingerprint density at radius 2 is 0.982 bits per heavy atom. The van der Waals surface area contributed by atoms with Crippen molar-refractivity contribution in [3.63, 3.8) is 0 Å². The number of rotatable bonds is 41. The Labute approximate surface area is 344 Å². The van der Waals surface area contributed by atoms with Gasteiger partial charge in [0, 0.05) is 19.3 Å². The maximum absolute atomic E-state index is 12.7. The number of ether oxygens (including phenoxy) is 3. The van der Waals surface area contributed by atoms with Crippen LogP contribution in [0.5, 0.6) is 0 Å². The predicted molar refractivity (Wildman–Crippen MR) is 234 cm³/mol. The fourth-order valence-corrected chi connectivity index (χ4v) is 6.67. The third kappa shape index (κ3) is 37.1. The van der Waals surface area contributed by atoms with Crippen LogP contribution in [0.1, 0.15) is 200 Å². The van der Waals surface area contributed by atoms with Crippen molar-refractivity contribution >= 4 is 17.9 Å². The summed E-state index contributed by atoms with van der Waals surface area (Å²) in [7, 11) is 5.51. The molecule has 0 saturated heterocycles. The molecular formula is C48H88NO7+. The van der Waals surface area contributed by atoms with Gasteiger partial charge in [0.05, 0.1) is 34.4 Å². The number of hydrogen-bond acceptors (Lipinski definition) is 6. The molecule has 8 heteroatoms. The lowest BCUT2D eigenvalue weighted by Gasteiger charge is -2.31. The van der Waals surface area contributed by atoms with Gasteiger partial charge < -0.3 is 23.8 Å². The molecule has 2 atom stereocenters. The van der Waals surface area contributed by atoms with Gasteiger partial charge in [-0.15, -0.1) is 0 Å². The van der Waals surface area contributed by atoms with E-state index in [9.17, 15) is 19.5 Å². The average Bonchev–Trinajstić information content (AvgIpc) is 3.15. The SMILES string of the molecule is CCCCCCCC/C=C/C/C=C/CCC(=O)OC(COCCC(C(=O)O)[N+](C)(C)C)COC(=O)CCCCCCCCC/C=C/CCCCCCCCCC. The van der Waals surface area contributed by atoms with Gasteiger partial charge in [-0.1, -0.05) is 159 Å². The molecule has 0 aliphatic heterocycles. The fourth-order valence-electron chi connectivity index (χ4n) is 6.67. The van der Waals surface area contributed by atoms with E-state index in [2.05, 4.69) is 44.2 Å². The van der Waals surface area contributed by atoms with Gasteiger partial charge in [-0.25, -0.2) is 4.79 Å². The molecule has 0 amide bonds. The van der Waals surface area contributed by atoms with Crippen LogP contribution < -0.4 is 0 Å². The van der Waals surface area contributed by atoms with Crippen molar-refractivity contribution in [2.75, 3.05) is 41.0 Å². The zero-order chi connectivity index (χ0) is 41.4. The first-order chi connectivity index (χ1) is 27.1. The van der Waals surface area contributed by atoms with Crippen molar-refractivity contribution in [2.45, 2.75) is 212 Å². The molecule has 8 nitrogen and oxygen atoms in total. The molecule has 0 spiro atoms. The summed E-state index contributed by atoms with van der Waals surface area (Å²) in [4.78, 5) is 36.9. The highest BCUT2D eigenvalue weighted by Crippen LogP contribution is 2.14. The van der Waals surface area contributed by atoms with Gasteiger partial charge in [0.1, 0.15) is 6.61 Å². The van der Waals surface area contributed by atoms with E-state index in [1.165, 1.54) is 128 Å². The van der Waals surface area contributed by atoms with Crippen LogP contribution in [0.4, 0.5) is 0 Å². The number of quaternary nitrogens is 1. The van der Waals surface area contributed by atoms with Crippen LogP contribution in [0.25, 0.3) is 0 Å². The van der Waals surface area contributed by atoms with E-state index in [4.69, 9.17) is 14.2 Å². The predicted octanol–water partition coefficient (Wildman–Crippen LogP) is 12.6. The number of carboxylic acid groups (broad SMARTS) is 1. The summed E-state index contributed by atoms with van der Waals surface area (Å²) in [5.74, 6) is -1.55. The van der Waals surface area contributed by atoms with Crippen molar-refractivity contribution in [1.82, 2.24) is 0 Å². The maximum Gasteiger partial charge on any atom is 0.362 e. The number of aliphatic carboxylic acids is 1. The van der Waals surface area contributed by atoms with Gasteiger partial charge in [-0.05, 0) is 57.8 Å². The minimum atomic E-state index is -0.883. The largest absolute Gasteiger partial charge is 0.477 e. The molecule has 0 heterocycles. The second kappa shape index (κ2) is 39.4. The molecule has 0 aliphatic rings. The number of esters is 2. The van der Waals surface area contributed by atoms with Crippen molar-refractivity contribution < 1.29 is 38.2 Å². The van der Waals surface area contributed by atoms with Gasteiger partial charge in [0.25, 0.3) is 0 Å². The van der Waals surface area contributed by atoms with Crippen LogP contribution in [-0.4, -0.2) is 80.6 Å². The minimum Gasteiger partial charge on any atom is -0.477 e. The average molecular weight is 791 g/mol. The maximum atomic E-state index is 12.7. The highest BCUT2D eigenvalue weighted by atomic mass is 16.6. The van der Waals surface area contributed by atoms with Crippen LogP contribution in [0.15, 0.2) is 36.5 Å². The highest BCUT2D eigenvalue weighted by molar-refractivity contribution is 5.72. The fraction of sp³-hybridized carbons (Fsp3) is 0.812. The summed E-state index contributed by atoms with van der Waals surface area (Å²) < 4.78 is 17.2. The monoisotopic (exact) mass is 791 g/mol. The van der Waals surface area contributed by atoms with Gasteiger partial charge in [-0.2, -0.15) is 0 Å². The van der Waals surface area contributed by atoms with Crippen LogP contribution in [0.2, 0.25) is 0 Å². The number of allylic oxidation sites excluding steroid dienone is 6. The molecular weight excluding hydrogens is 703 g/mol. The summed E-state index contributed by atoms with van der Waals surface area (Å²) in [5, 5.41) is 9.61. The molecule has 0 radical (unpaired) electrons. The Kier molecular flexibility index (Phi) is 37.7. The number of hydrogen-bond donors (Lipinski definition) is 1. The van der Waals surface area contributed by atoms with Crippen LogP contribution >= 0.6 is 0 Å². The van der Waals surface area contributed by atoms with E-state index in [1.807, 2.05) is 27.2 Å². The molecule has 2 unspecified atom stereocenters. The molecule has 56 heavy (non-hydrogen) atoms. The smallest absolute Gasteiger partial charge is 0.362 e. The van der Waals surface area contributed by atoms with E-state index in [0.29, 0.717) is 19.3 Å². The zero-order valence-corrected chi connectivity index (χ0v) is 37.1. The molecule has 0 rings (SSSR count). The molecule has 0 aromatic carbocycles. The van der Waals surface area contributed by atoms with Crippen molar-refractivity contribution in [2.24, 2.45) is 0 Å². The zero-order valence-electron chi connectivity index (χ0n) is 37.1. The topological polar surface area (TPSA) is 99.1 Å². The van der Waals surface area contributed by atoms with E-state index < -0.39 is 18.1 Å². The Morgan fingerprint density at radius 3 is 1.46 bits per heavy atom. The van der Waals surface area contributed by atoms with Gasteiger partial charge in [0.2, 0.25) is 0 Å². The lowest BCUT2D eigenvalue weighted by molar-refractivity contribution is -0.887. The van der Waals surface area contributed by atoms with Gasteiger partial charge in [-0.3, -0.25) is 9.59 Å². The summed E-state index contributed by atoms with van der Waals surface area (Å²) in [6.07, 6.45) is 44.9. The third-order valence-corrected chi connectivity index (χ3v) is 10.3. The Hall–Kier alpha value is -2.45. The number of carbonyl (C=O) groups excluding carboxylic acids is 2. The van der Waals surface area contributed by atoms with Crippen molar-refractivity contribution in [3.8, 4) is 0 Å². The summed E-state index contributed by atoms with van der Waals surface area (Å²) in [6.45, 7) is 4.67. The number of carbonyl (C=O) groups is 3. The third-order valence-electron chi connectivity index (χ3n) is 10.3. The number of carboxylic acids is 1. The number of unbranched alkanes of at least 4 members (excludes halogenated alkanes) is 21. The van der Waals surface area contributed by atoms with Gasteiger partial charge >= 0.3 is 17.9 Å². The van der Waals surface area contributed by atoms with E-state index in [0.717, 1.165) is 32.1 Å². The molecule has 0 aromatic heterocycles. The first-order valence-electron chi connectivity index (χ1n) is 23.0. The van der Waals surface area contributed by atoms with Crippen molar-refractivity contribution in [3.05, 3.63) is 36.5 Å². The molecule has 0 aromatic rings. The molecule has 326 valence electrons. The Balaban J connectivity index is 4.34. The van der Waals surface area contributed by atoms with E-state index in [1.54, 1.807) is 0 Å². The minimum absolute atomic E-state index is 0.0385. The van der Waals surface area contributed by atoms with E-state index >= 15 is 0 Å². The molecule has 1 N–H and O–H groups in total. The lowest BCUT2D eigenvalue weighted by atomic mass is 10.1. The normalized spacial score (nSPS) is 13.2. The van der Waals surface area contributed by atoms with Crippen LogP contribution in [0.3, 0.4) is 0 Å². The highest BCUT2D eigenvalue weighted by Gasteiger charge is 2.31. The number of nitrogens with zero attached hydrogens (tertiary/aromatic N) is 1. The summed E-state index contributed by atoms with van der Waals surface area (Å²) >= 11 is 0. The Morgan fingerprint density at radius 1 is 0.536 bits per heavy atom. The van der Waals surface area contributed by atoms with Crippen LogP contribution in [0, 0.1) is 0 Å². The molecule has 0 bridgehead atoms. The molecule has 0 fully saturated rings. The first kappa shape index (κ1) is 53.6. The first-order valence-corrected chi connectivity index (χ1v) is 23.0. The molecule has 0 saturated carbocycles. The summed E-state index contributed by atoms with van der Waals surface area (Å²) in [6, 6.07) is -0.623. The standard InChI is InChI=1S/C48H87NO7/c1-6-8-10-12-14-16-18-20-21-22-23-24-25-27-28-30-32-34-36-38-46(50)55-43-44(42-54-41-40-45(48(52)53)49(3,4)5)56-47(51)39-37-35-33-31-29-26-19-17-15-13-11-9-7-2/h22-23,26,29,33,35,44-45H,6-21,24-25,27-28,30-32,34,36-43H2,1-5H3/p+1/b23-22+,29-26+,35-33+. The van der Waals surface area contributed by atoms with Crippen LogP contribution in [-0.2, 0) is 28.6 Å². The quantitative estimate of drug-likeness (QED) is 0.0285. The Bertz CT molecular complexity index is 1020. The van der Waals surface area contributed by atoms with E-state index in [-0.39, 0.29) is 42.7 Å². The van der Waals surface area contributed by atoms with Crippen molar-refractivity contribution in [1.29, 1.82) is 0 Å². The second-order valence-corrected chi connectivity index (χ2v) is 16.7. The van der Waals surface area contributed by atoms with Gasteiger partial charge in [0.15, 0.2) is 12.1 Å². The second-order valence-electron chi connectivity index (χ2n) is 16.7. The number of likely N-dealkylation sites (N-methyl/N-ethyl adjacent to an activating group) is 1.